The number of benzene rings is 2. The van der Waals surface area contributed by atoms with Gasteiger partial charge in [0.05, 0.1) is 16.6 Å². The number of hydrogen-bond acceptors (Lipinski definition) is 3. The molecule has 0 unspecified atom stereocenters. The summed E-state index contributed by atoms with van der Waals surface area (Å²) in [5, 5.41) is 0. The maximum absolute atomic E-state index is 12.4. The summed E-state index contributed by atoms with van der Waals surface area (Å²) in [5.41, 5.74) is 2.56. The number of halogens is 1. The predicted octanol–water partition coefficient (Wildman–Crippen LogP) is 6.24. The van der Waals surface area contributed by atoms with Gasteiger partial charge in [0.1, 0.15) is 11.5 Å². The smallest absolute Gasteiger partial charge is 0.343 e. The molecule has 0 fully saturated rings. The average molecular weight is 405 g/mol. The van der Waals surface area contributed by atoms with E-state index in [1.165, 1.54) is 19.3 Å². The van der Waals surface area contributed by atoms with Crippen molar-refractivity contribution in [3.8, 4) is 11.5 Å². The Labute approximate surface area is 158 Å². The number of ether oxygens (including phenoxy) is 2. The van der Waals surface area contributed by atoms with Crippen molar-refractivity contribution in [2.45, 2.75) is 46.5 Å². The van der Waals surface area contributed by atoms with Crippen molar-refractivity contribution < 1.29 is 14.3 Å². The van der Waals surface area contributed by atoms with E-state index in [-0.39, 0.29) is 5.97 Å². The van der Waals surface area contributed by atoms with Gasteiger partial charge in [0.15, 0.2) is 0 Å². The zero-order chi connectivity index (χ0) is 18.2. The van der Waals surface area contributed by atoms with Crippen LogP contribution in [0.4, 0.5) is 0 Å². The van der Waals surface area contributed by atoms with Crippen LogP contribution in [0.25, 0.3) is 0 Å². The third-order valence-electron chi connectivity index (χ3n) is 4.18. The first-order valence-electron chi connectivity index (χ1n) is 8.73. The van der Waals surface area contributed by atoms with Gasteiger partial charge >= 0.3 is 5.97 Å². The van der Waals surface area contributed by atoms with Crippen LogP contribution in [0.3, 0.4) is 0 Å². The van der Waals surface area contributed by atoms with Crippen molar-refractivity contribution in [3.63, 3.8) is 0 Å². The summed E-state index contributed by atoms with van der Waals surface area (Å²) in [6, 6.07) is 11.0. The van der Waals surface area contributed by atoms with E-state index in [4.69, 9.17) is 9.47 Å². The monoisotopic (exact) mass is 404 g/mol. The highest BCUT2D eigenvalue weighted by atomic mass is 79.9. The Balaban J connectivity index is 1.99. The van der Waals surface area contributed by atoms with Gasteiger partial charge < -0.3 is 9.47 Å². The molecule has 0 heterocycles. The first-order chi connectivity index (χ1) is 12.0. The van der Waals surface area contributed by atoms with Crippen LogP contribution in [-0.2, 0) is 0 Å². The van der Waals surface area contributed by atoms with Crippen LogP contribution in [0.1, 0.15) is 54.1 Å². The summed E-state index contributed by atoms with van der Waals surface area (Å²) >= 11 is 3.48. The van der Waals surface area contributed by atoms with Crippen LogP contribution in [0, 0.1) is 13.8 Å². The van der Waals surface area contributed by atoms with Gasteiger partial charge in [-0.2, -0.15) is 0 Å². The Kier molecular flexibility index (Phi) is 7.51. The fraction of sp³-hybridized carbons (Fsp3) is 0.381. The number of aryl methyl sites for hydroxylation is 1. The lowest BCUT2D eigenvalue weighted by molar-refractivity contribution is 0.0733. The van der Waals surface area contributed by atoms with Gasteiger partial charge in [0.25, 0.3) is 0 Å². The highest BCUT2D eigenvalue weighted by molar-refractivity contribution is 9.10. The minimum atomic E-state index is -0.371. The van der Waals surface area contributed by atoms with Crippen molar-refractivity contribution in [1.29, 1.82) is 0 Å². The van der Waals surface area contributed by atoms with E-state index in [1.54, 1.807) is 12.1 Å². The van der Waals surface area contributed by atoms with Crippen LogP contribution >= 0.6 is 15.9 Å². The van der Waals surface area contributed by atoms with E-state index in [0.717, 1.165) is 27.8 Å². The highest BCUT2D eigenvalue weighted by Gasteiger charge is 2.13. The second-order valence-electron chi connectivity index (χ2n) is 6.14. The molecule has 0 aliphatic heterocycles. The third-order valence-corrected chi connectivity index (χ3v) is 4.80. The second kappa shape index (κ2) is 9.62. The molecule has 0 saturated carbocycles. The first kappa shape index (κ1) is 19.5. The Hall–Kier alpha value is -1.81. The summed E-state index contributed by atoms with van der Waals surface area (Å²) in [6.07, 6.45) is 4.65. The maximum Gasteiger partial charge on any atom is 0.343 e. The Morgan fingerprint density at radius 2 is 1.84 bits per heavy atom. The summed E-state index contributed by atoms with van der Waals surface area (Å²) in [7, 11) is 0. The molecular formula is C21H25BrO3. The van der Waals surface area contributed by atoms with Gasteiger partial charge in [-0.3, -0.25) is 0 Å². The maximum atomic E-state index is 12.4. The Bertz CT molecular complexity index is 725. The van der Waals surface area contributed by atoms with Crippen LogP contribution in [0.2, 0.25) is 0 Å². The zero-order valence-electron chi connectivity index (χ0n) is 15.1. The SMILES string of the molecule is CCCCCCOc1ccc(C(=O)Oc2cccc(C)c2C)cc1Br. The zero-order valence-corrected chi connectivity index (χ0v) is 16.7. The summed E-state index contributed by atoms with van der Waals surface area (Å²) in [5.74, 6) is 0.973. The van der Waals surface area contributed by atoms with Crippen molar-refractivity contribution >= 4 is 21.9 Å². The molecule has 4 heteroatoms. The number of esters is 1. The third kappa shape index (κ3) is 5.60. The Morgan fingerprint density at radius 1 is 1.04 bits per heavy atom. The Morgan fingerprint density at radius 3 is 2.56 bits per heavy atom. The number of carbonyl (C=O) groups is 1. The molecule has 0 amide bonds. The van der Waals surface area contributed by atoms with Gasteiger partial charge in [-0.15, -0.1) is 0 Å². The van der Waals surface area contributed by atoms with E-state index >= 15 is 0 Å². The molecule has 2 aromatic rings. The largest absolute Gasteiger partial charge is 0.492 e. The van der Waals surface area contributed by atoms with Crippen molar-refractivity contribution in [3.05, 3.63) is 57.6 Å². The standard InChI is InChI=1S/C21H25BrO3/c1-4-5-6-7-13-24-20-12-11-17(14-18(20)22)21(23)25-19-10-8-9-15(2)16(19)3/h8-12,14H,4-7,13H2,1-3H3. The lowest BCUT2D eigenvalue weighted by atomic mass is 10.1. The van der Waals surface area contributed by atoms with Crippen LogP contribution in [0.15, 0.2) is 40.9 Å². The van der Waals surface area contributed by atoms with Crippen molar-refractivity contribution in [2.75, 3.05) is 6.61 Å². The topological polar surface area (TPSA) is 35.5 Å². The molecule has 2 aromatic carbocycles. The minimum absolute atomic E-state index is 0.371. The molecule has 0 aliphatic rings. The van der Waals surface area contributed by atoms with E-state index in [9.17, 15) is 4.79 Å². The lowest BCUT2D eigenvalue weighted by Gasteiger charge is -2.11. The number of unbranched alkanes of at least 4 members (excludes halogenated alkanes) is 3. The normalized spacial score (nSPS) is 10.6. The minimum Gasteiger partial charge on any atom is -0.492 e. The summed E-state index contributed by atoms with van der Waals surface area (Å²) in [4.78, 5) is 12.4. The molecular weight excluding hydrogens is 380 g/mol. The predicted molar refractivity (Wildman–Crippen MR) is 105 cm³/mol. The first-order valence-corrected chi connectivity index (χ1v) is 9.53. The summed E-state index contributed by atoms with van der Waals surface area (Å²) < 4.78 is 12.1. The van der Waals surface area contributed by atoms with Crippen LogP contribution < -0.4 is 9.47 Å². The second-order valence-corrected chi connectivity index (χ2v) is 7.00. The van der Waals surface area contributed by atoms with Gasteiger partial charge in [-0.05, 0) is 71.6 Å². The molecule has 0 radical (unpaired) electrons. The molecule has 0 spiro atoms. The molecule has 134 valence electrons. The number of carbonyl (C=O) groups excluding carboxylic acids is 1. The molecule has 0 aromatic heterocycles. The van der Waals surface area contributed by atoms with Crippen molar-refractivity contribution in [2.24, 2.45) is 0 Å². The van der Waals surface area contributed by atoms with Crippen molar-refractivity contribution in [1.82, 2.24) is 0 Å². The average Bonchev–Trinajstić information content (AvgIpc) is 2.60. The molecule has 2 rings (SSSR count). The molecule has 0 bridgehead atoms. The van der Waals surface area contributed by atoms with Crippen LogP contribution in [0.5, 0.6) is 11.5 Å². The van der Waals surface area contributed by atoms with E-state index in [2.05, 4.69) is 22.9 Å². The molecule has 0 aliphatic carbocycles. The van der Waals surface area contributed by atoms with Gasteiger partial charge in [0, 0.05) is 0 Å². The number of rotatable bonds is 8. The molecule has 0 N–H and O–H groups in total. The lowest BCUT2D eigenvalue weighted by Crippen LogP contribution is -2.10. The highest BCUT2D eigenvalue weighted by Crippen LogP contribution is 2.28. The van der Waals surface area contributed by atoms with Gasteiger partial charge in [0.2, 0.25) is 0 Å². The molecule has 25 heavy (non-hydrogen) atoms. The molecule has 0 atom stereocenters. The molecule has 3 nitrogen and oxygen atoms in total. The summed E-state index contributed by atoms with van der Waals surface area (Å²) in [6.45, 7) is 6.82. The van der Waals surface area contributed by atoms with Crippen LogP contribution in [-0.4, -0.2) is 12.6 Å². The van der Waals surface area contributed by atoms with Gasteiger partial charge in [-0.25, -0.2) is 4.79 Å². The quantitative estimate of drug-likeness (QED) is 0.296. The molecule has 0 saturated heterocycles. The number of hydrogen-bond donors (Lipinski definition) is 0. The van der Waals surface area contributed by atoms with E-state index in [0.29, 0.717) is 17.9 Å². The van der Waals surface area contributed by atoms with E-state index in [1.807, 2.05) is 38.1 Å². The van der Waals surface area contributed by atoms with Gasteiger partial charge in [-0.1, -0.05) is 38.3 Å². The fourth-order valence-electron chi connectivity index (χ4n) is 2.45. The van der Waals surface area contributed by atoms with E-state index < -0.39 is 0 Å². The fourth-order valence-corrected chi connectivity index (χ4v) is 2.94.